The molecule has 0 spiro atoms. The Bertz CT molecular complexity index is 1020. The number of aromatic nitrogens is 2. The van der Waals surface area contributed by atoms with E-state index in [4.69, 9.17) is 5.73 Å². The molecule has 2 amide bonds. The number of hydrogen-bond acceptors (Lipinski definition) is 6. The zero-order chi connectivity index (χ0) is 22.2. The number of pyridine rings is 1. The average molecular weight is 438 g/mol. The zero-order valence-corrected chi connectivity index (χ0v) is 18.6. The van der Waals surface area contributed by atoms with Crippen LogP contribution >= 0.6 is 11.3 Å². The van der Waals surface area contributed by atoms with E-state index in [9.17, 15) is 9.59 Å². The predicted octanol–water partition coefficient (Wildman–Crippen LogP) is 3.83. The summed E-state index contributed by atoms with van der Waals surface area (Å²) in [5, 5.41) is 3.72. The Morgan fingerprint density at radius 2 is 1.74 bits per heavy atom. The first-order valence-electron chi connectivity index (χ1n) is 10.2. The first-order valence-corrected chi connectivity index (χ1v) is 11.0. The summed E-state index contributed by atoms with van der Waals surface area (Å²) in [7, 11) is 4.17. The molecule has 0 saturated heterocycles. The SMILES string of the molecule is CN(C)CCCCCc1ccc(C(=O)Nc2sc(-c3ccncc3)nc2C(N)=O)cc1. The molecule has 0 saturated carbocycles. The Morgan fingerprint density at radius 1 is 1.03 bits per heavy atom. The van der Waals surface area contributed by atoms with Gasteiger partial charge in [-0.2, -0.15) is 0 Å². The van der Waals surface area contributed by atoms with E-state index in [-0.39, 0.29) is 11.6 Å². The predicted molar refractivity (Wildman–Crippen MR) is 124 cm³/mol. The molecule has 8 heteroatoms. The molecule has 3 N–H and O–H groups in total. The minimum Gasteiger partial charge on any atom is -0.364 e. The fraction of sp³-hybridized carbons (Fsp3) is 0.304. The van der Waals surface area contributed by atoms with Crippen LogP contribution < -0.4 is 11.1 Å². The molecule has 0 radical (unpaired) electrons. The van der Waals surface area contributed by atoms with Crippen LogP contribution in [0.3, 0.4) is 0 Å². The zero-order valence-electron chi connectivity index (χ0n) is 17.8. The fourth-order valence-electron chi connectivity index (χ4n) is 3.12. The van der Waals surface area contributed by atoms with E-state index in [0.29, 0.717) is 15.6 Å². The first-order chi connectivity index (χ1) is 14.9. The van der Waals surface area contributed by atoms with Crippen molar-refractivity contribution in [3.05, 3.63) is 65.6 Å². The summed E-state index contributed by atoms with van der Waals surface area (Å²) in [5.41, 5.74) is 8.05. The van der Waals surface area contributed by atoms with E-state index in [1.54, 1.807) is 36.7 Å². The van der Waals surface area contributed by atoms with Crippen LogP contribution in [0.4, 0.5) is 5.00 Å². The number of nitrogens with two attached hydrogens (primary N) is 1. The third kappa shape index (κ3) is 6.44. The van der Waals surface area contributed by atoms with Gasteiger partial charge in [-0.1, -0.05) is 29.9 Å². The number of carbonyl (C=O) groups excluding carboxylic acids is 2. The Hall–Kier alpha value is -3.10. The molecule has 3 rings (SSSR count). The first kappa shape index (κ1) is 22.6. The van der Waals surface area contributed by atoms with Gasteiger partial charge in [-0.05, 0) is 69.7 Å². The summed E-state index contributed by atoms with van der Waals surface area (Å²) < 4.78 is 0. The average Bonchev–Trinajstić information content (AvgIpc) is 3.18. The van der Waals surface area contributed by atoms with E-state index in [0.717, 1.165) is 24.9 Å². The Labute approximate surface area is 186 Å². The topological polar surface area (TPSA) is 101 Å². The van der Waals surface area contributed by atoms with Crippen LogP contribution in [0.5, 0.6) is 0 Å². The third-order valence-electron chi connectivity index (χ3n) is 4.80. The maximum Gasteiger partial charge on any atom is 0.270 e. The van der Waals surface area contributed by atoms with Crippen LogP contribution in [0.1, 0.15) is 45.7 Å². The monoisotopic (exact) mass is 437 g/mol. The van der Waals surface area contributed by atoms with Gasteiger partial charge >= 0.3 is 0 Å². The molecular formula is C23H27N5O2S. The molecule has 0 aliphatic rings. The number of nitrogens with zero attached hydrogens (tertiary/aromatic N) is 3. The summed E-state index contributed by atoms with van der Waals surface area (Å²) in [5.74, 6) is -0.985. The Morgan fingerprint density at radius 3 is 2.39 bits per heavy atom. The molecule has 0 aliphatic heterocycles. The summed E-state index contributed by atoms with van der Waals surface area (Å²) in [4.78, 5) is 35.0. The molecule has 3 aromatic rings. The van der Waals surface area contributed by atoms with Crippen LogP contribution in [-0.4, -0.2) is 47.3 Å². The Balaban J connectivity index is 1.63. The van der Waals surface area contributed by atoms with E-state index < -0.39 is 5.91 Å². The standard InChI is InChI=1S/C23H27N5O2S/c1-28(2)15-5-3-4-6-16-7-9-17(10-8-16)21(30)27-23-19(20(24)29)26-22(31-23)18-11-13-25-14-12-18/h7-14H,3-6,15H2,1-2H3,(H2,24,29)(H,27,30). The van der Waals surface area contributed by atoms with Crippen LogP contribution in [-0.2, 0) is 6.42 Å². The van der Waals surface area contributed by atoms with E-state index in [2.05, 4.69) is 34.3 Å². The molecule has 0 unspecified atom stereocenters. The molecule has 0 bridgehead atoms. The number of hydrogen-bond donors (Lipinski definition) is 2. The number of amides is 2. The van der Waals surface area contributed by atoms with Gasteiger partial charge in [0.25, 0.3) is 11.8 Å². The molecule has 0 aliphatic carbocycles. The van der Waals surface area contributed by atoms with Gasteiger partial charge in [0.1, 0.15) is 10.0 Å². The second-order valence-electron chi connectivity index (χ2n) is 7.56. The number of rotatable bonds is 10. The molecule has 31 heavy (non-hydrogen) atoms. The largest absolute Gasteiger partial charge is 0.364 e. The summed E-state index contributed by atoms with van der Waals surface area (Å²) in [6.07, 6.45) is 7.77. The van der Waals surface area contributed by atoms with E-state index in [1.165, 1.54) is 29.7 Å². The Kier molecular flexibility index (Phi) is 7.86. The molecule has 7 nitrogen and oxygen atoms in total. The van der Waals surface area contributed by atoms with Crippen LogP contribution in [0.2, 0.25) is 0 Å². The van der Waals surface area contributed by atoms with Crippen molar-refractivity contribution in [2.45, 2.75) is 25.7 Å². The second kappa shape index (κ2) is 10.8. The number of unbranched alkanes of at least 4 members (excludes halogenated alkanes) is 2. The van der Waals surface area contributed by atoms with Gasteiger partial charge in [-0.3, -0.25) is 14.6 Å². The summed E-state index contributed by atoms with van der Waals surface area (Å²) >= 11 is 1.21. The third-order valence-corrected chi connectivity index (χ3v) is 5.82. The summed E-state index contributed by atoms with van der Waals surface area (Å²) in [6.45, 7) is 1.10. The van der Waals surface area contributed by atoms with Gasteiger partial charge in [0.2, 0.25) is 0 Å². The van der Waals surface area contributed by atoms with Crippen LogP contribution in [0.25, 0.3) is 10.6 Å². The van der Waals surface area contributed by atoms with Gasteiger partial charge in [-0.25, -0.2) is 4.98 Å². The highest BCUT2D eigenvalue weighted by molar-refractivity contribution is 7.19. The van der Waals surface area contributed by atoms with Gasteiger partial charge < -0.3 is 16.0 Å². The number of thiazole rings is 1. The molecule has 162 valence electrons. The number of aryl methyl sites for hydroxylation is 1. The van der Waals surface area contributed by atoms with Crippen molar-refractivity contribution in [1.82, 2.24) is 14.9 Å². The minimum atomic E-state index is -0.684. The molecule has 2 heterocycles. The number of nitrogens with one attached hydrogen (secondary N) is 1. The van der Waals surface area contributed by atoms with E-state index >= 15 is 0 Å². The molecule has 2 aromatic heterocycles. The maximum atomic E-state index is 12.7. The quantitative estimate of drug-likeness (QED) is 0.470. The number of anilines is 1. The van der Waals surface area contributed by atoms with Crippen LogP contribution in [0, 0.1) is 0 Å². The van der Waals surface area contributed by atoms with E-state index in [1.807, 2.05) is 12.1 Å². The lowest BCUT2D eigenvalue weighted by atomic mass is 10.0. The van der Waals surface area contributed by atoms with Crippen LogP contribution in [0.15, 0.2) is 48.8 Å². The van der Waals surface area contributed by atoms with Gasteiger partial charge in [0, 0.05) is 23.5 Å². The molecular weight excluding hydrogens is 410 g/mol. The van der Waals surface area contributed by atoms with Crippen molar-refractivity contribution in [2.24, 2.45) is 5.73 Å². The lowest BCUT2D eigenvalue weighted by Gasteiger charge is -2.09. The second-order valence-corrected chi connectivity index (χ2v) is 8.56. The fourth-order valence-corrected chi connectivity index (χ4v) is 4.09. The number of carbonyl (C=O) groups is 2. The summed E-state index contributed by atoms with van der Waals surface area (Å²) in [6, 6.07) is 11.1. The highest BCUT2D eigenvalue weighted by Gasteiger charge is 2.19. The lowest BCUT2D eigenvalue weighted by Crippen LogP contribution is -2.17. The molecule has 0 atom stereocenters. The molecule has 0 fully saturated rings. The maximum absolute atomic E-state index is 12.7. The van der Waals surface area contributed by atoms with Crippen molar-refractivity contribution in [2.75, 3.05) is 26.0 Å². The van der Waals surface area contributed by atoms with Crippen molar-refractivity contribution >= 4 is 28.2 Å². The normalized spacial score (nSPS) is 10.9. The van der Waals surface area contributed by atoms with Crippen molar-refractivity contribution in [1.29, 1.82) is 0 Å². The van der Waals surface area contributed by atoms with Gasteiger partial charge in [0.15, 0.2) is 5.69 Å². The number of benzene rings is 1. The molecule has 1 aromatic carbocycles. The van der Waals surface area contributed by atoms with Crippen molar-refractivity contribution in [3.63, 3.8) is 0 Å². The number of primary amides is 1. The smallest absolute Gasteiger partial charge is 0.270 e. The van der Waals surface area contributed by atoms with Gasteiger partial charge in [-0.15, -0.1) is 0 Å². The minimum absolute atomic E-state index is 0.0551. The lowest BCUT2D eigenvalue weighted by molar-refractivity contribution is 0.0997. The van der Waals surface area contributed by atoms with Crippen molar-refractivity contribution in [3.8, 4) is 10.6 Å². The van der Waals surface area contributed by atoms with Crippen molar-refractivity contribution < 1.29 is 9.59 Å². The highest BCUT2D eigenvalue weighted by Crippen LogP contribution is 2.32. The highest BCUT2D eigenvalue weighted by atomic mass is 32.1. The van der Waals surface area contributed by atoms with Gasteiger partial charge in [0.05, 0.1) is 0 Å².